The highest BCUT2D eigenvalue weighted by Crippen LogP contribution is 2.42. The van der Waals surface area contributed by atoms with Gasteiger partial charge in [0.2, 0.25) is 18.0 Å². The maximum Gasteiger partial charge on any atom is 0.510 e. The molecule has 204 valence electrons. The lowest BCUT2D eigenvalue weighted by Crippen LogP contribution is -2.62. The van der Waals surface area contributed by atoms with Gasteiger partial charge in [0.1, 0.15) is 23.8 Å². The minimum absolute atomic E-state index is 0.00666. The van der Waals surface area contributed by atoms with E-state index in [1.165, 1.54) is 41.0 Å². The molecule has 1 aromatic heterocycles. The largest absolute Gasteiger partial charge is 0.510 e. The molecule has 1 unspecified atom stereocenters. The average Bonchev–Trinajstić information content (AvgIpc) is 2.91. The Morgan fingerprint density at radius 1 is 1.05 bits per heavy atom. The molecule has 0 saturated carbocycles. The Kier molecular flexibility index (Phi) is 6.81. The number of pyridine rings is 1. The summed E-state index contributed by atoms with van der Waals surface area (Å²) in [6.45, 7) is -0.732. The number of carbonyl (C=O) groups excluding carboxylic acids is 2. The second kappa shape index (κ2) is 10.2. The summed E-state index contributed by atoms with van der Waals surface area (Å²) >= 11 is 0. The summed E-state index contributed by atoms with van der Waals surface area (Å²) < 4.78 is 65.8. The van der Waals surface area contributed by atoms with Gasteiger partial charge in [-0.2, -0.15) is 0 Å². The van der Waals surface area contributed by atoms with Crippen LogP contribution in [-0.4, -0.2) is 55.4 Å². The molecule has 2 aliphatic heterocycles. The maximum atomic E-state index is 15.3. The number of rotatable bonds is 4. The molecule has 0 radical (unpaired) electrons. The number of carbonyl (C=O) groups is 2. The van der Waals surface area contributed by atoms with Gasteiger partial charge < -0.3 is 23.8 Å². The van der Waals surface area contributed by atoms with Crippen LogP contribution in [0.4, 0.5) is 18.0 Å². The molecule has 5 rings (SSSR count). The van der Waals surface area contributed by atoms with Crippen molar-refractivity contribution in [1.29, 1.82) is 0 Å². The number of nitrogens with zero attached hydrogens (tertiary/aromatic N) is 3. The maximum absolute atomic E-state index is 15.3. The smallest absolute Gasteiger partial charge is 0.493 e. The highest BCUT2D eigenvalue weighted by atomic mass is 19.2. The molecular formula is C26H22F3N3O7. The molecule has 0 bridgehead atoms. The molecule has 13 heteroatoms. The monoisotopic (exact) mass is 545 g/mol. The Balaban J connectivity index is 1.75. The summed E-state index contributed by atoms with van der Waals surface area (Å²) in [5.41, 5.74) is -0.778. The lowest BCUT2D eigenvalue weighted by atomic mass is 9.94. The Morgan fingerprint density at radius 2 is 1.79 bits per heavy atom. The molecule has 2 aromatic carbocycles. The van der Waals surface area contributed by atoms with Crippen LogP contribution in [0.15, 0.2) is 53.5 Å². The van der Waals surface area contributed by atoms with E-state index in [4.69, 9.17) is 14.2 Å². The van der Waals surface area contributed by atoms with Gasteiger partial charge >= 0.3 is 6.16 Å². The van der Waals surface area contributed by atoms with Gasteiger partial charge in [0.25, 0.3) is 5.91 Å². The number of fused-ring (bicyclic) bond motifs is 4. The van der Waals surface area contributed by atoms with E-state index in [1.807, 2.05) is 0 Å². The van der Waals surface area contributed by atoms with Crippen molar-refractivity contribution in [2.75, 3.05) is 32.6 Å². The van der Waals surface area contributed by atoms with Crippen molar-refractivity contribution in [1.82, 2.24) is 9.58 Å². The summed E-state index contributed by atoms with van der Waals surface area (Å²) in [6, 6.07) is 7.52. The zero-order valence-electron chi connectivity index (χ0n) is 20.7. The zero-order chi connectivity index (χ0) is 27.8. The highest BCUT2D eigenvalue weighted by molar-refractivity contribution is 5.96. The first-order chi connectivity index (χ1) is 18.7. The van der Waals surface area contributed by atoms with E-state index in [1.54, 1.807) is 11.1 Å². The second-order valence-electron chi connectivity index (χ2n) is 8.70. The van der Waals surface area contributed by atoms with Gasteiger partial charge in [-0.05, 0) is 12.1 Å². The number of amides is 1. The van der Waals surface area contributed by atoms with Gasteiger partial charge in [0.15, 0.2) is 17.3 Å². The van der Waals surface area contributed by atoms with Crippen LogP contribution >= 0.6 is 0 Å². The fourth-order valence-electron chi connectivity index (χ4n) is 4.78. The van der Waals surface area contributed by atoms with E-state index in [0.29, 0.717) is 0 Å². The molecule has 1 amide bonds. The van der Waals surface area contributed by atoms with Crippen molar-refractivity contribution in [2.45, 2.75) is 18.6 Å². The Bertz CT molecular complexity index is 1510. The molecular weight excluding hydrogens is 523 g/mol. The number of halogens is 3. The third-order valence-electron chi connectivity index (χ3n) is 6.55. The Hall–Kier alpha value is -4.68. The number of ether oxygens (including phenoxy) is 4. The predicted octanol–water partition coefficient (Wildman–Crippen LogP) is 3.31. The van der Waals surface area contributed by atoms with Crippen LogP contribution < -0.4 is 19.9 Å². The van der Waals surface area contributed by atoms with E-state index in [-0.39, 0.29) is 35.6 Å². The van der Waals surface area contributed by atoms with Crippen LogP contribution in [0.3, 0.4) is 0 Å². The number of benzene rings is 2. The molecule has 39 heavy (non-hydrogen) atoms. The molecule has 0 fully saturated rings. The zero-order valence-corrected chi connectivity index (χ0v) is 20.7. The van der Waals surface area contributed by atoms with Crippen molar-refractivity contribution in [3.63, 3.8) is 0 Å². The van der Waals surface area contributed by atoms with Gasteiger partial charge in [0.05, 0.1) is 13.7 Å². The van der Waals surface area contributed by atoms with Crippen molar-refractivity contribution in [3.05, 3.63) is 93.2 Å². The number of hydrogen-bond acceptors (Lipinski definition) is 8. The molecule has 3 aromatic rings. The van der Waals surface area contributed by atoms with Gasteiger partial charge in [-0.3, -0.25) is 19.3 Å². The predicted molar refractivity (Wildman–Crippen MR) is 128 cm³/mol. The molecule has 2 atom stereocenters. The molecule has 2 aliphatic rings. The molecule has 0 aliphatic carbocycles. The van der Waals surface area contributed by atoms with Crippen molar-refractivity contribution >= 4 is 12.1 Å². The lowest BCUT2D eigenvalue weighted by Gasteiger charge is -2.50. The van der Waals surface area contributed by atoms with E-state index in [0.717, 1.165) is 25.3 Å². The van der Waals surface area contributed by atoms with Gasteiger partial charge in [-0.25, -0.2) is 18.0 Å². The van der Waals surface area contributed by atoms with E-state index >= 15 is 4.39 Å². The molecule has 3 heterocycles. The Labute approximate surface area is 219 Å². The van der Waals surface area contributed by atoms with Crippen molar-refractivity contribution in [2.24, 2.45) is 0 Å². The summed E-state index contributed by atoms with van der Waals surface area (Å²) in [7, 11) is 2.56. The summed E-state index contributed by atoms with van der Waals surface area (Å²) in [5.74, 6) is -4.04. The number of aromatic nitrogens is 1. The fraction of sp³-hybridized carbons (Fsp3) is 0.269. The van der Waals surface area contributed by atoms with Crippen LogP contribution in [-0.2, 0) is 9.47 Å². The molecule has 0 spiro atoms. The van der Waals surface area contributed by atoms with E-state index in [9.17, 15) is 23.2 Å². The van der Waals surface area contributed by atoms with Crippen LogP contribution in [0, 0.1) is 17.5 Å². The lowest BCUT2D eigenvalue weighted by molar-refractivity contribution is 0.0131. The SMILES string of the molecule is COC(=O)OCOc1c2n(ccc1=O)N1C(CCOc3cc(F)c(F)cc3[C@H]1c1ccccc1F)N(C)C2=O. The van der Waals surface area contributed by atoms with Crippen LogP contribution in [0.2, 0.25) is 0 Å². The van der Waals surface area contributed by atoms with Crippen molar-refractivity contribution in [3.8, 4) is 11.5 Å². The summed E-state index contributed by atoms with van der Waals surface area (Å²) in [5, 5.41) is 1.57. The first-order valence-electron chi connectivity index (χ1n) is 11.7. The normalized spacial score (nSPS) is 18.1. The van der Waals surface area contributed by atoms with Gasteiger partial charge in [0, 0.05) is 42.9 Å². The quantitative estimate of drug-likeness (QED) is 0.364. The third-order valence-corrected chi connectivity index (χ3v) is 6.55. The van der Waals surface area contributed by atoms with E-state index in [2.05, 4.69) is 4.74 Å². The highest BCUT2D eigenvalue weighted by Gasteiger charge is 2.44. The van der Waals surface area contributed by atoms with Gasteiger partial charge in [-0.15, -0.1) is 0 Å². The summed E-state index contributed by atoms with van der Waals surface area (Å²) in [6.07, 6.45) is -0.367. The number of methoxy groups -OCH3 is 1. The first-order valence-corrected chi connectivity index (χ1v) is 11.7. The van der Waals surface area contributed by atoms with Crippen LogP contribution in [0.1, 0.15) is 34.1 Å². The summed E-state index contributed by atoms with van der Waals surface area (Å²) in [4.78, 5) is 39.0. The van der Waals surface area contributed by atoms with Crippen molar-refractivity contribution < 1.29 is 41.7 Å². The standard InChI is InChI=1S/C26H22F3N3O7/c1-30-21-8-10-37-20-12-18(29)17(28)11-15(20)22(14-5-3-4-6-16(14)27)32(21)31-9-7-19(33)24(23(31)25(30)34)38-13-39-26(35)36-2/h3-7,9,11-12,21-22H,8,10,13H2,1-2H3/t21?,22-/m1/s1. The molecule has 0 N–H and O–H groups in total. The average molecular weight is 545 g/mol. The second-order valence-corrected chi connectivity index (χ2v) is 8.70. The Morgan fingerprint density at radius 3 is 2.54 bits per heavy atom. The van der Waals surface area contributed by atoms with Gasteiger partial charge in [-0.1, -0.05) is 18.2 Å². The number of hydrogen-bond donors (Lipinski definition) is 0. The van der Waals surface area contributed by atoms with Crippen LogP contribution in [0.25, 0.3) is 0 Å². The fourth-order valence-corrected chi connectivity index (χ4v) is 4.78. The minimum atomic E-state index is -1.18. The molecule has 0 saturated heterocycles. The van der Waals surface area contributed by atoms with E-state index < -0.39 is 59.7 Å². The van der Waals surface area contributed by atoms with Crippen LogP contribution in [0.5, 0.6) is 11.5 Å². The minimum Gasteiger partial charge on any atom is -0.493 e. The first kappa shape index (κ1) is 25.9. The topological polar surface area (TPSA) is 99.5 Å². The molecule has 10 nitrogen and oxygen atoms in total. The third kappa shape index (κ3) is 4.49.